The van der Waals surface area contributed by atoms with Crippen molar-refractivity contribution in [3.05, 3.63) is 65.4 Å². The second-order valence-electron chi connectivity index (χ2n) is 6.77. The highest BCUT2D eigenvalue weighted by atomic mass is 35.5. The quantitative estimate of drug-likeness (QED) is 0.298. The number of benzene rings is 2. The van der Waals surface area contributed by atoms with Gasteiger partial charge in [-0.1, -0.05) is 29.8 Å². The normalized spacial score (nSPS) is 11.8. The Morgan fingerprint density at radius 1 is 1.10 bits per heavy atom. The number of carbonyl (C=O) groups is 1. The number of rotatable bonds is 7. The van der Waals surface area contributed by atoms with E-state index in [1.165, 1.54) is 6.33 Å². The van der Waals surface area contributed by atoms with Gasteiger partial charge in [0.15, 0.2) is 11.5 Å². The van der Waals surface area contributed by atoms with Crippen LogP contribution < -0.4 is 21.7 Å². The largest absolute Gasteiger partial charge is 0.355 e. The molecule has 4 rings (SSSR count). The number of H-pyrrole nitrogens is 1. The Morgan fingerprint density at radius 2 is 1.87 bits per heavy atom. The number of nitrogens with two attached hydrogens (primary N) is 1. The van der Waals surface area contributed by atoms with Crippen LogP contribution in [0.5, 0.6) is 0 Å². The van der Waals surface area contributed by atoms with E-state index >= 15 is 0 Å². The Hall–Kier alpha value is -3.69. The summed E-state index contributed by atoms with van der Waals surface area (Å²) in [5.41, 5.74) is 8.87. The second kappa shape index (κ2) is 8.99. The molecule has 0 fully saturated rings. The van der Waals surface area contributed by atoms with Gasteiger partial charge in [-0.3, -0.25) is 9.89 Å². The summed E-state index contributed by atoms with van der Waals surface area (Å²) in [4.78, 5) is 20.5. The number of amides is 1. The molecule has 0 spiro atoms. The van der Waals surface area contributed by atoms with Gasteiger partial charge in [0.1, 0.15) is 23.6 Å². The monoisotopic (exact) mass is 436 g/mol. The lowest BCUT2D eigenvalue weighted by Crippen LogP contribution is -2.33. The summed E-state index contributed by atoms with van der Waals surface area (Å²) >= 11 is 6.08. The number of hydrogen-bond acceptors (Lipinski definition) is 7. The van der Waals surface area contributed by atoms with Crippen molar-refractivity contribution in [2.24, 2.45) is 5.73 Å². The van der Waals surface area contributed by atoms with E-state index in [9.17, 15) is 4.79 Å². The summed E-state index contributed by atoms with van der Waals surface area (Å²) in [7, 11) is 0. The van der Waals surface area contributed by atoms with Crippen molar-refractivity contribution >= 4 is 51.6 Å². The van der Waals surface area contributed by atoms with Gasteiger partial charge in [-0.15, -0.1) is 0 Å². The minimum Gasteiger partial charge on any atom is -0.355 e. The number of nitrogens with one attached hydrogen (secondary N) is 4. The summed E-state index contributed by atoms with van der Waals surface area (Å²) in [6, 6.07) is 13.9. The third-order valence-corrected chi connectivity index (χ3v) is 4.85. The molecule has 0 bridgehead atoms. The van der Waals surface area contributed by atoms with Gasteiger partial charge in [-0.25, -0.2) is 9.97 Å². The van der Waals surface area contributed by atoms with Crippen LogP contribution in [0.1, 0.15) is 18.5 Å². The van der Waals surface area contributed by atoms with Gasteiger partial charge >= 0.3 is 0 Å². The highest BCUT2D eigenvalue weighted by Crippen LogP contribution is 2.30. The fourth-order valence-corrected chi connectivity index (χ4v) is 3.28. The summed E-state index contributed by atoms with van der Waals surface area (Å²) < 4.78 is 0. The molecule has 158 valence electrons. The molecule has 0 saturated carbocycles. The molecule has 0 aliphatic rings. The van der Waals surface area contributed by atoms with Crippen molar-refractivity contribution in [3.8, 4) is 0 Å². The third kappa shape index (κ3) is 4.57. The molecule has 0 saturated heterocycles. The Morgan fingerprint density at radius 3 is 2.61 bits per heavy atom. The van der Waals surface area contributed by atoms with Crippen LogP contribution >= 0.6 is 11.6 Å². The van der Waals surface area contributed by atoms with Crippen LogP contribution in [0.2, 0.25) is 5.02 Å². The van der Waals surface area contributed by atoms with Gasteiger partial charge in [-0.05, 0) is 42.8 Å². The minimum absolute atomic E-state index is 0.213. The molecule has 2 heterocycles. The second-order valence-corrected chi connectivity index (χ2v) is 7.21. The van der Waals surface area contributed by atoms with Crippen LogP contribution in [-0.4, -0.2) is 32.6 Å². The zero-order valence-electron chi connectivity index (χ0n) is 16.7. The number of aromatic nitrogens is 4. The van der Waals surface area contributed by atoms with Crippen molar-refractivity contribution in [2.45, 2.75) is 13.0 Å². The summed E-state index contributed by atoms with van der Waals surface area (Å²) in [6.45, 7) is 2.39. The first kappa shape index (κ1) is 20.6. The molecular formula is C21H21ClN8O. The molecule has 10 heteroatoms. The summed E-state index contributed by atoms with van der Waals surface area (Å²) in [6.07, 6.45) is 1.45. The lowest BCUT2D eigenvalue weighted by atomic mass is 10.1. The number of likely N-dealkylation sites (N-methyl/N-ethyl adjacent to an activating group) is 1. The molecule has 9 nitrogen and oxygen atoms in total. The van der Waals surface area contributed by atoms with E-state index in [0.717, 1.165) is 16.9 Å². The lowest BCUT2D eigenvalue weighted by Gasteiger charge is -2.12. The van der Waals surface area contributed by atoms with Gasteiger partial charge in [-0.2, -0.15) is 5.10 Å². The van der Waals surface area contributed by atoms with Crippen LogP contribution in [-0.2, 0) is 4.79 Å². The van der Waals surface area contributed by atoms with Crippen molar-refractivity contribution in [1.29, 1.82) is 0 Å². The Bertz CT molecular complexity index is 1210. The SMILES string of the molecule is CCNC(=O)C(N)c1ccc(Nc2n[nH]c3ncnc(Nc4cccc(Cl)c4)c23)cc1. The topological polar surface area (TPSA) is 134 Å². The third-order valence-electron chi connectivity index (χ3n) is 4.61. The van der Waals surface area contributed by atoms with Gasteiger partial charge in [0, 0.05) is 22.9 Å². The number of aromatic amines is 1. The summed E-state index contributed by atoms with van der Waals surface area (Å²) in [5.74, 6) is 0.926. The average Bonchev–Trinajstić information content (AvgIpc) is 3.18. The number of anilines is 4. The van der Waals surface area contributed by atoms with E-state index in [1.54, 1.807) is 24.3 Å². The molecule has 0 aliphatic carbocycles. The molecule has 1 amide bonds. The van der Waals surface area contributed by atoms with E-state index in [-0.39, 0.29) is 5.91 Å². The highest BCUT2D eigenvalue weighted by molar-refractivity contribution is 6.30. The highest BCUT2D eigenvalue weighted by Gasteiger charge is 2.16. The van der Waals surface area contributed by atoms with Crippen LogP contribution in [0.3, 0.4) is 0 Å². The molecule has 1 atom stereocenters. The standard InChI is InChI=1S/C21H21ClN8O/c1-2-24-21(31)17(23)12-6-8-14(9-7-12)27-20-16-18(25-11-26-19(16)29-30-20)28-15-5-3-4-13(22)10-15/h3-11,17H,2,23H2,1H3,(H,24,31)(H3,25,26,27,28,29,30). The number of fused-ring (bicyclic) bond motifs is 1. The van der Waals surface area contributed by atoms with E-state index in [4.69, 9.17) is 17.3 Å². The minimum atomic E-state index is -0.720. The Labute approximate surface area is 183 Å². The fraction of sp³-hybridized carbons (Fsp3) is 0.143. The number of nitrogens with zero attached hydrogens (tertiary/aromatic N) is 3. The molecule has 6 N–H and O–H groups in total. The predicted molar refractivity (Wildman–Crippen MR) is 122 cm³/mol. The van der Waals surface area contributed by atoms with Gasteiger partial charge in [0.05, 0.1) is 0 Å². The maximum atomic E-state index is 11.9. The average molecular weight is 437 g/mol. The Balaban J connectivity index is 1.58. The predicted octanol–water partition coefficient (Wildman–Crippen LogP) is 3.63. The molecule has 2 aromatic heterocycles. The first-order valence-corrected chi connectivity index (χ1v) is 10.0. The molecule has 0 aliphatic heterocycles. The smallest absolute Gasteiger partial charge is 0.241 e. The maximum Gasteiger partial charge on any atom is 0.241 e. The molecule has 1 unspecified atom stereocenters. The Kier molecular flexibility index (Phi) is 5.96. The van der Waals surface area contributed by atoms with E-state index in [0.29, 0.717) is 34.2 Å². The maximum absolute atomic E-state index is 11.9. The zero-order chi connectivity index (χ0) is 21.8. The number of halogens is 1. The molecule has 31 heavy (non-hydrogen) atoms. The number of hydrogen-bond donors (Lipinski definition) is 5. The van der Waals surface area contributed by atoms with Crippen LogP contribution in [0.15, 0.2) is 54.9 Å². The molecule has 0 radical (unpaired) electrons. The van der Waals surface area contributed by atoms with Crippen molar-refractivity contribution < 1.29 is 4.79 Å². The molecule has 4 aromatic rings. The van der Waals surface area contributed by atoms with Gasteiger partial charge in [0.2, 0.25) is 5.91 Å². The van der Waals surface area contributed by atoms with E-state index < -0.39 is 6.04 Å². The zero-order valence-corrected chi connectivity index (χ0v) is 17.4. The van der Waals surface area contributed by atoms with Crippen molar-refractivity contribution in [3.63, 3.8) is 0 Å². The lowest BCUT2D eigenvalue weighted by molar-refractivity contribution is -0.122. The van der Waals surface area contributed by atoms with Crippen molar-refractivity contribution in [2.75, 3.05) is 17.2 Å². The van der Waals surface area contributed by atoms with Gasteiger partial charge < -0.3 is 21.7 Å². The number of carbonyl (C=O) groups excluding carboxylic acids is 1. The first-order valence-electron chi connectivity index (χ1n) is 9.67. The van der Waals surface area contributed by atoms with Crippen LogP contribution in [0, 0.1) is 0 Å². The fourth-order valence-electron chi connectivity index (χ4n) is 3.09. The van der Waals surface area contributed by atoms with E-state index in [1.807, 2.05) is 31.2 Å². The van der Waals surface area contributed by atoms with Crippen LogP contribution in [0.25, 0.3) is 11.0 Å². The molecular weight excluding hydrogens is 416 g/mol. The van der Waals surface area contributed by atoms with Crippen molar-refractivity contribution in [1.82, 2.24) is 25.5 Å². The molecule has 2 aromatic carbocycles. The van der Waals surface area contributed by atoms with Gasteiger partial charge in [0.25, 0.3) is 0 Å². The summed E-state index contributed by atoms with van der Waals surface area (Å²) in [5, 5.41) is 17.8. The first-order chi connectivity index (χ1) is 15.0. The van der Waals surface area contributed by atoms with Crippen LogP contribution in [0.4, 0.5) is 23.0 Å². The van der Waals surface area contributed by atoms with E-state index in [2.05, 4.69) is 36.1 Å².